The Labute approximate surface area is 118 Å². The summed E-state index contributed by atoms with van der Waals surface area (Å²) in [6.45, 7) is 17.9. The van der Waals surface area contributed by atoms with Gasteiger partial charge in [0.1, 0.15) is 0 Å². The van der Waals surface area contributed by atoms with Crippen LogP contribution in [-0.4, -0.2) is 23.9 Å². The Balaban J connectivity index is 4.30. The number of hydrogen-bond acceptors (Lipinski definition) is 6. The topological polar surface area (TPSA) is 63.8 Å². The molecule has 0 heterocycles. The zero-order chi connectivity index (χ0) is 15.3. The van der Waals surface area contributed by atoms with E-state index in [-0.39, 0.29) is 16.6 Å². The van der Waals surface area contributed by atoms with Gasteiger partial charge in [-0.25, -0.2) is 16.4 Å². The zero-order valence-electron chi connectivity index (χ0n) is 13.8. The van der Waals surface area contributed by atoms with Crippen LogP contribution in [0.15, 0.2) is 0 Å². The van der Waals surface area contributed by atoms with Crippen molar-refractivity contribution in [1.82, 2.24) is 16.4 Å². The fourth-order valence-corrected chi connectivity index (χ4v) is 0.747. The summed E-state index contributed by atoms with van der Waals surface area (Å²) in [7, 11) is -0.905. The third-order valence-electron chi connectivity index (χ3n) is 1.38. The zero-order valence-corrected chi connectivity index (χ0v) is 13.8. The average Bonchev–Trinajstić information content (AvgIpc) is 2.11. The van der Waals surface area contributed by atoms with Crippen LogP contribution in [0.1, 0.15) is 62.3 Å². The normalized spacial score (nSPS) is 13.7. The van der Waals surface area contributed by atoms with Gasteiger partial charge in [-0.15, -0.1) is 0 Å². The molecule has 0 atom stereocenters. The van der Waals surface area contributed by atoms with Crippen LogP contribution >= 0.6 is 0 Å². The lowest BCUT2D eigenvalue weighted by Gasteiger charge is -2.28. The lowest BCUT2D eigenvalue weighted by Crippen LogP contribution is -2.51. The van der Waals surface area contributed by atoms with Gasteiger partial charge in [0.25, 0.3) is 0 Å². The second kappa shape index (κ2) is 7.01. The lowest BCUT2D eigenvalue weighted by atomic mass is 10.1. The largest absolute Gasteiger partial charge is 0.692 e. The Hall–Kier alpha value is -0.175. The molecule has 0 saturated heterocycles. The van der Waals surface area contributed by atoms with E-state index in [1.807, 2.05) is 62.3 Å². The highest BCUT2D eigenvalue weighted by atomic mass is 16.9. The van der Waals surface area contributed by atoms with Crippen LogP contribution in [0.5, 0.6) is 0 Å². The second-order valence-corrected chi connectivity index (χ2v) is 7.70. The smallest absolute Gasteiger partial charge is 0.298 e. The minimum absolute atomic E-state index is 0.200. The molecule has 7 heteroatoms. The van der Waals surface area contributed by atoms with Gasteiger partial charge in [0.15, 0.2) is 0 Å². The van der Waals surface area contributed by atoms with E-state index in [4.69, 9.17) is 14.3 Å². The van der Waals surface area contributed by atoms with E-state index in [1.54, 1.807) is 0 Å². The van der Waals surface area contributed by atoms with E-state index in [1.165, 1.54) is 0 Å². The lowest BCUT2D eigenvalue weighted by molar-refractivity contribution is -0.0531. The molecule has 0 aromatic rings. The molecule has 0 aromatic carbocycles. The predicted octanol–water partition coefficient (Wildman–Crippen LogP) is 1.93. The first-order chi connectivity index (χ1) is 8.29. The van der Waals surface area contributed by atoms with Gasteiger partial charge in [-0.1, -0.05) is 0 Å². The number of hydroxylamine groups is 3. The first-order valence-electron chi connectivity index (χ1n) is 6.57. The minimum atomic E-state index is -0.905. The molecule has 0 aliphatic carbocycles. The van der Waals surface area contributed by atoms with Crippen molar-refractivity contribution in [3.63, 3.8) is 0 Å². The van der Waals surface area contributed by atoms with Crippen molar-refractivity contribution in [3.8, 4) is 0 Å². The van der Waals surface area contributed by atoms with Crippen molar-refractivity contribution < 1.29 is 14.3 Å². The van der Waals surface area contributed by atoms with Crippen LogP contribution in [0.3, 0.4) is 0 Å². The monoisotopic (exact) mass is 275 g/mol. The molecule has 3 N–H and O–H groups in total. The van der Waals surface area contributed by atoms with E-state index in [0.717, 1.165) is 0 Å². The fourth-order valence-electron chi connectivity index (χ4n) is 0.747. The summed E-state index contributed by atoms with van der Waals surface area (Å²) in [5, 5.41) is 0. The molecule has 0 fully saturated rings. The highest BCUT2D eigenvalue weighted by Gasteiger charge is 2.29. The van der Waals surface area contributed by atoms with Gasteiger partial charge in [-0.3, -0.25) is 14.3 Å². The van der Waals surface area contributed by atoms with Gasteiger partial charge in [-0.2, -0.15) is 0 Å². The van der Waals surface area contributed by atoms with Gasteiger partial charge in [0, 0.05) is 16.6 Å². The van der Waals surface area contributed by atoms with Gasteiger partial charge in [-0.05, 0) is 62.3 Å². The van der Waals surface area contributed by atoms with E-state index < -0.39 is 7.32 Å². The van der Waals surface area contributed by atoms with Crippen LogP contribution in [-0.2, 0) is 14.3 Å². The molecule has 19 heavy (non-hydrogen) atoms. The first kappa shape index (κ1) is 18.8. The van der Waals surface area contributed by atoms with Gasteiger partial charge >= 0.3 is 7.32 Å². The van der Waals surface area contributed by atoms with Crippen molar-refractivity contribution >= 4 is 7.32 Å². The molecule has 6 nitrogen and oxygen atoms in total. The van der Waals surface area contributed by atoms with Crippen LogP contribution in [0.25, 0.3) is 0 Å². The van der Waals surface area contributed by atoms with Crippen molar-refractivity contribution in [2.45, 2.75) is 78.9 Å². The SMILES string of the molecule is CC(C)(C)NOB(ONC(C)(C)C)ONC(C)(C)C. The third kappa shape index (κ3) is 14.0. The molecule has 0 aliphatic heterocycles. The summed E-state index contributed by atoms with van der Waals surface area (Å²) in [5.74, 6) is 0. The first-order valence-corrected chi connectivity index (χ1v) is 6.57. The van der Waals surface area contributed by atoms with Gasteiger partial charge < -0.3 is 0 Å². The van der Waals surface area contributed by atoms with Crippen LogP contribution in [0, 0.1) is 0 Å². The summed E-state index contributed by atoms with van der Waals surface area (Å²) in [6.07, 6.45) is 0. The summed E-state index contributed by atoms with van der Waals surface area (Å²) in [5.41, 5.74) is 7.99. The Bertz CT molecular complexity index is 214. The maximum absolute atomic E-state index is 5.38. The molecule has 0 saturated carbocycles. The molecule has 0 aliphatic rings. The van der Waals surface area contributed by atoms with Crippen LogP contribution < -0.4 is 16.4 Å². The predicted molar refractivity (Wildman–Crippen MR) is 77.7 cm³/mol. The second-order valence-electron chi connectivity index (χ2n) is 7.70. The van der Waals surface area contributed by atoms with Crippen molar-refractivity contribution in [2.75, 3.05) is 0 Å². The molecule has 0 amide bonds. The van der Waals surface area contributed by atoms with Crippen LogP contribution in [0.4, 0.5) is 0 Å². The van der Waals surface area contributed by atoms with E-state index in [9.17, 15) is 0 Å². The quantitative estimate of drug-likeness (QED) is 0.508. The standard InChI is InChI=1S/C12H30BN3O3/c1-10(2,3)14-17-13(18-15-11(4,5)6)19-16-12(7,8)9/h14-16H,1-9H3. The summed E-state index contributed by atoms with van der Waals surface area (Å²) < 4.78 is 16.1. The highest BCUT2D eigenvalue weighted by molar-refractivity contribution is 6.35. The van der Waals surface area contributed by atoms with Crippen LogP contribution in [0.2, 0.25) is 0 Å². The molecular weight excluding hydrogens is 245 g/mol. The van der Waals surface area contributed by atoms with Gasteiger partial charge in [0.05, 0.1) is 0 Å². The van der Waals surface area contributed by atoms with E-state index in [0.29, 0.717) is 0 Å². The molecule has 0 aromatic heterocycles. The van der Waals surface area contributed by atoms with Crippen molar-refractivity contribution in [2.24, 2.45) is 0 Å². The third-order valence-corrected chi connectivity index (χ3v) is 1.38. The van der Waals surface area contributed by atoms with Crippen molar-refractivity contribution in [1.29, 1.82) is 0 Å². The number of rotatable bonds is 6. The van der Waals surface area contributed by atoms with Crippen molar-refractivity contribution in [3.05, 3.63) is 0 Å². The molecular formula is C12H30BN3O3. The molecule has 0 unspecified atom stereocenters. The summed E-state index contributed by atoms with van der Waals surface area (Å²) in [4.78, 5) is 0. The number of hydrogen-bond donors (Lipinski definition) is 3. The summed E-state index contributed by atoms with van der Waals surface area (Å²) >= 11 is 0. The highest BCUT2D eigenvalue weighted by Crippen LogP contribution is 2.04. The Morgan fingerprint density at radius 2 is 0.737 bits per heavy atom. The van der Waals surface area contributed by atoms with E-state index >= 15 is 0 Å². The van der Waals surface area contributed by atoms with Gasteiger partial charge in [0.2, 0.25) is 0 Å². The summed E-state index contributed by atoms with van der Waals surface area (Å²) in [6, 6.07) is 0. The maximum Gasteiger partial charge on any atom is 0.692 e. The maximum atomic E-state index is 5.38. The fraction of sp³-hybridized carbons (Fsp3) is 1.00. The molecule has 0 radical (unpaired) electrons. The average molecular weight is 275 g/mol. The number of nitrogens with one attached hydrogen (secondary N) is 3. The van der Waals surface area contributed by atoms with E-state index in [2.05, 4.69) is 16.4 Å². The minimum Gasteiger partial charge on any atom is -0.298 e. The Morgan fingerprint density at radius 3 is 0.895 bits per heavy atom. The molecule has 114 valence electrons. The Morgan fingerprint density at radius 1 is 0.526 bits per heavy atom. The molecule has 0 spiro atoms. The molecule has 0 bridgehead atoms. The molecule has 0 rings (SSSR count). The Kier molecular flexibility index (Phi) is 6.95.